The van der Waals surface area contributed by atoms with Gasteiger partial charge in [0, 0.05) is 49.0 Å². The van der Waals surface area contributed by atoms with Crippen molar-refractivity contribution < 1.29 is 22.7 Å². The van der Waals surface area contributed by atoms with E-state index in [0.29, 0.717) is 34.6 Å². The Labute approximate surface area is 304 Å². The molecule has 2 fully saturated rings. The quantitative estimate of drug-likeness (QED) is 0.227. The van der Waals surface area contributed by atoms with Gasteiger partial charge in [0.25, 0.3) is 5.91 Å². The number of anilines is 1. The number of aromatic nitrogens is 3. The minimum Gasteiger partial charge on any atom is -0.381 e. The monoisotopic (exact) mass is 714 g/mol. The molecule has 1 aromatic carbocycles. The van der Waals surface area contributed by atoms with Crippen molar-refractivity contribution >= 4 is 23.6 Å². The van der Waals surface area contributed by atoms with Crippen LogP contribution < -0.4 is 5.32 Å². The molecular formula is C41H49F3N6O2. The number of aromatic amines is 1. The smallest absolute Gasteiger partial charge is 0.381 e. The van der Waals surface area contributed by atoms with E-state index in [1.807, 2.05) is 6.21 Å². The Morgan fingerprint density at radius 3 is 2.79 bits per heavy atom. The Balaban J connectivity index is 1.11. The van der Waals surface area contributed by atoms with E-state index in [4.69, 9.17) is 4.74 Å². The molecule has 0 bridgehead atoms. The number of benzene rings is 1. The van der Waals surface area contributed by atoms with E-state index >= 15 is 0 Å². The molecule has 2 N–H and O–H groups in total. The number of aliphatic imine (C=N–C) groups is 1. The average molecular weight is 715 g/mol. The standard InChI is InChI=1S/C41H49F3N6O2/c1-3-29-8-5-19-50(20-17-29)27-33-13-15-35(24-37(33)41(42,43)44)47-40(51)34-23-32(28(2)45-26-34)14-16-38-36-10-4-7-31(25-46-39(36)49-48-38)12-11-30-9-6-21-52-22-18-30/h7,13,15,23-26,29-30H,3-6,8-12,17-22,27H2,1-2H3,(H,47,51)(H,48,49)/b31-7-,46-25?. The number of rotatable bonds is 8. The van der Waals surface area contributed by atoms with E-state index in [9.17, 15) is 18.0 Å². The lowest BCUT2D eigenvalue weighted by atomic mass is 9.92. The number of pyridine rings is 1. The minimum atomic E-state index is -4.56. The highest BCUT2D eigenvalue weighted by Crippen LogP contribution is 2.35. The Hall–Kier alpha value is -4.27. The number of nitrogens with one attached hydrogen (secondary N) is 2. The van der Waals surface area contributed by atoms with Crippen LogP contribution in [0.1, 0.15) is 115 Å². The highest BCUT2D eigenvalue weighted by Gasteiger charge is 2.34. The van der Waals surface area contributed by atoms with Crippen LogP contribution in [-0.4, -0.2) is 58.5 Å². The number of ether oxygens (including phenoxy) is 1. The maximum atomic E-state index is 14.2. The molecule has 3 aliphatic rings. The Morgan fingerprint density at radius 1 is 1.08 bits per heavy atom. The van der Waals surface area contributed by atoms with E-state index in [1.165, 1.54) is 30.3 Å². The molecule has 5 heterocycles. The number of carbonyl (C=O) groups is 1. The molecule has 11 heteroatoms. The van der Waals surface area contributed by atoms with Crippen LogP contribution in [-0.2, 0) is 23.9 Å². The zero-order valence-corrected chi connectivity index (χ0v) is 30.2. The van der Waals surface area contributed by atoms with Gasteiger partial charge in [0.15, 0.2) is 5.82 Å². The molecule has 3 aromatic rings. The third kappa shape index (κ3) is 9.98. The molecule has 3 aliphatic heterocycles. The van der Waals surface area contributed by atoms with Gasteiger partial charge in [-0.15, -0.1) is 0 Å². The molecule has 2 aromatic heterocycles. The largest absolute Gasteiger partial charge is 0.416 e. The second-order valence-corrected chi connectivity index (χ2v) is 14.3. The van der Waals surface area contributed by atoms with E-state index < -0.39 is 17.6 Å². The van der Waals surface area contributed by atoms with Crippen LogP contribution in [0.3, 0.4) is 0 Å². The first-order valence-electron chi connectivity index (χ1n) is 18.8. The fraction of sp³-hybridized carbons (Fsp3) is 0.512. The second-order valence-electron chi connectivity index (χ2n) is 14.3. The van der Waals surface area contributed by atoms with E-state index in [1.54, 1.807) is 13.0 Å². The Bertz CT molecular complexity index is 1830. The number of hydrogen-bond donors (Lipinski definition) is 2. The van der Waals surface area contributed by atoms with Gasteiger partial charge in [0.2, 0.25) is 0 Å². The predicted molar refractivity (Wildman–Crippen MR) is 198 cm³/mol. The van der Waals surface area contributed by atoms with E-state index in [-0.39, 0.29) is 23.4 Å². The van der Waals surface area contributed by atoms with Gasteiger partial charge in [0.05, 0.1) is 16.8 Å². The van der Waals surface area contributed by atoms with Gasteiger partial charge in [0.1, 0.15) is 5.69 Å². The van der Waals surface area contributed by atoms with Crippen LogP contribution in [0.4, 0.5) is 24.7 Å². The molecule has 6 rings (SSSR count). The maximum absolute atomic E-state index is 14.2. The SMILES string of the molecule is CCC1CCCN(Cc2ccc(NC(=O)c3cnc(C)c(C#Cc4[nH]nc5c4CC/C=C(/CCC4CCCOCC4)C=N5)c3)cc2C(F)(F)F)CC1. The van der Waals surface area contributed by atoms with Crippen LogP contribution in [0.2, 0.25) is 0 Å². The van der Waals surface area contributed by atoms with Crippen molar-refractivity contribution in [3.05, 3.63) is 81.3 Å². The maximum Gasteiger partial charge on any atom is 0.416 e. The number of carbonyl (C=O) groups excluding carboxylic acids is 1. The van der Waals surface area contributed by atoms with Crippen molar-refractivity contribution in [1.29, 1.82) is 0 Å². The number of H-pyrrole nitrogens is 1. The summed E-state index contributed by atoms with van der Waals surface area (Å²) in [6.07, 6.45) is 12.4. The first kappa shape index (κ1) is 37.5. The highest BCUT2D eigenvalue weighted by molar-refractivity contribution is 6.04. The van der Waals surface area contributed by atoms with E-state index in [2.05, 4.69) is 55.2 Å². The van der Waals surface area contributed by atoms with Gasteiger partial charge in [-0.05, 0) is 131 Å². The van der Waals surface area contributed by atoms with Gasteiger partial charge in [-0.1, -0.05) is 31.4 Å². The highest BCUT2D eigenvalue weighted by atomic mass is 19.4. The molecule has 0 radical (unpaired) electrons. The lowest BCUT2D eigenvalue weighted by molar-refractivity contribution is -0.138. The number of hydrogen-bond acceptors (Lipinski definition) is 6. The molecular weight excluding hydrogens is 665 g/mol. The average Bonchev–Trinajstić information content (AvgIpc) is 3.28. The number of alkyl halides is 3. The number of aryl methyl sites for hydroxylation is 1. The zero-order valence-electron chi connectivity index (χ0n) is 30.2. The first-order chi connectivity index (χ1) is 25.2. The summed E-state index contributed by atoms with van der Waals surface area (Å²) in [6.45, 7) is 7.48. The predicted octanol–water partition coefficient (Wildman–Crippen LogP) is 8.97. The van der Waals surface area contributed by atoms with Crippen molar-refractivity contribution in [3.8, 4) is 11.8 Å². The summed E-state index contributed by atoms with van der Waals surface area (Å²) in [6, 6.07) is 5.66. The van der Waals surface area contributed by atoms with Crippen molar-refractivity contribution in [2.75, 3.05) is 31.6 Å². The Morgan fingerprint density at radius 2 is 1.94 bits per heavy atom. The number of allylic oxidation sites excluding steroid dienone is 2. The molecule has 2 unspecified atom stereocenters. The van der Waals surface area contributed by atoms with Crippen LogP contribution in [0.25, 0.3) is 0 Å². The fourth-order valence-electron chi connectivity index (χ4n) is 7.40. The first-order valence-corrected chi connectivity index (χ1v) is 18.8. The molecule has 52 heavy (non-hydrogen) atoms. The van der Waals surface area contributed by atoms with Crippen molar-refractivity contribution in [1.82, 2.24) is 20.1 Å². The topological polar surface area (TPSA) is 95.5 Å². The number of likely N-dealkylation sites (tertiary alicyclic amines) is 1. The lowest BCUT2D eigenvalue weighted by Crippen LogP contribution is -2.26. The number of halogens is 3. The van der Waals surface area contributed by atoms with Gasteiger partial charge in [-0.3, -0.25) is 19.8 Å². The molecule has 1 amide bonds. The molecule has 2 atom stereocenters. The molecule has 0 aliphatic carbocycles. The van der Waals surface area contributed by atoms with Crippen LogP contribution in [0, 0.1) is 30.6 Å². The van der Waals surface area contributed by atoms with Gasteiger partial charge in [-0.2, -0.15) is 18.3 Å². The van der Waals surface area contributed by atoms with Gasteiger partial charge in [-0.25, -0.2) is 4.99 Å². The zero-order chi connectivity index (χ0) is 36.5. The normalized spacial score (nSPS) is 21.0. The molecule has 2 saturated heterocycles. The summed E-state index contributed by atoms with van der Waals surface area (Å²) in [7, 11) is 0. The molecule has 8 nitrogen and oxygen atoms in total. The molecule has 0 spiro atoms. The lowest BCUT2D eigenvalue weighted by Gasteiger charge is -2.23. The number of nitrogens with zero attached hydrogens (tertiary/aromatic N) is 4. The van der Waals surface area contributed by atoms with Crippen molar-refractivity contribution in [3.63, 3.8) is 0 Å². The minimum absolute atomic E-state index is 0.0732. The van der Waals surface area contributed by atoms with Crippen LogP contribution in [0.5, 0.6) is 0 Å². The molecule has 0 saturated carbocycles. The summed E-state index contributed by atoms with van der Waals surface area (Å²) in [4.78, 5) is 24.4. The number of amides is 1. The summed E-state index contributed by atoms with van der Waals surface area (Å²) >= 11 is 0. The van der Waals surface area contributed by atoms with Gasteiger partial charge >= 0.3 is 6.18 Å². The number of fused-ring (bicyclic) bond motifs is 1. The third-order valence-corrected chi connectivity index (χ3v) is 10.7. The van der Waals surface area contributed by atoms with Crippen molar-refractivity contribution in [2.24, 2.45) is 16.8 Å². The van der Waals surface area contributed by atoms with Crippen LogP contribution in [0.15, 0.2) is 47.1 Å². The molecule has 276 valence electrons. The van der Waals surface area contributed by atoms with E-state index in [0.717, 1.165) is 102 Å². The summed E-state index contributed by atoms with van der Waals surface area (Å²) in [5.74, 6) is 7.66. The summed E-state index contributed by atoms with van der Waals surface area (Å²) in [5.41, 5.74) is 3.73. The summed E-state index contributed by atoms with van der Waals surface area (Å²) in [5, 5.41) is 10.1. The van der Waals surface area contributed by atoms with Crippen LogP contribution >= 0.6 is 0 Å². The third-order valence-electron chi connectivity index (χ3n) is 10.7. The van der Waals surface area contributed by atoms with Gasteiger partial charge < -0.3 is 10.1 Å². The second kappa shape index (κ2) is 17.5. The van der Waals surface area contributed by atoms with Crippen molar-refractivity contribution in [2.45, 2.75) is 97.2 Å². The summed E-state index contributed by atoms with van der Waals surface area (Å²) < 4.78 is 48.3. The fourth-order valence-corrected chi connectivity index (χ4v) is 7.40. The Kier molecular flexibility index (Phi) is 12.6.